The Bertz CT molecular complexity index is 590. The Kier molecular flexibility index (Phi) is 3.02. The average molecular weight is 255 g/mol. The van der Waals surface area contributed by atoms with Crippen molar-refractivity contribution in [2.75, 3.05) is 5.73 Å². The standard InChI is InChI=1S/C12H12F3N3/c1-6(2)12-10(16)5-18(17-12)11-4-8(14)7(13)3-9(11)15/h3-6H,16H2,1-2H3. The lowest BCUT2D eigenvalue weighted by molar-refractivity contribution is 0.491. The molecule has 0 fully saturated rings. The van der Waals surface area contributed by atoms with Crippen LogP contribution in [0, 0.1) is 17.5 Å². The van der Waals surface area contributed by atoms with Gasteiger partial charge < -0.3 is 5.73 Å². The van der Waals surface area contributed by atoms with Gasteiger partial charge in [-0.05, 0) is 5.92 Å². The Morgan fingerprint density at radius 3 is 2.28 bits per heavy atom. The summed E-state index contributed by atoms with van der Waals surface area (Å²) in [5.74, 6) is -3.21. The van der Waals surface area contributed by atoms with E-state index in [0.717, 1.165) is 10.7 Å². The van der Waals surface area contributed by atoms with Crippen LogP contribution in [0.3, 0.4) is 0 Å². The molecule has 3 nitrogen and oxygen atoms in total. The van der Waals surface area contributed by atoms with E-state index in [1.165, 1.54) is 6.20 Å². The number of halogens is 3. The Morgan fingerprint density at radius 2 is 1.72 bits per heavy atom. The topological polar surface area (TPSA) is 43.8 Å². The number of hydrogen-bond acceptors (Lipinski definition) is 2. The van der Waals surface area contributed by atoms with Gasteiger partial charge in [-0.2, -0.15) is 5.10 Å². The van der Waals surface area contributed by atoms with Crippen LogP contribution in [0.1, 0.15) is 25.5 Å². The first kappa shape index (κ1) is 12.5. The highest BCUT2D eigenvalue weighted by Gasteiger charge is 2.15. The van der Waals surface area contributed by atoms with Crippen molar-refractivity contribution in [3.05, 3.63) is 41.5 Å². The molecule has 2 aromatic rings. The monoisotopic (exact) mass is 255 g/mol. The highest BCUT2D eigenvalue weighted by molar-refractivity contribution is 5.46. The van der Waals surface area contributed by atoms with Crippen LogP contribution in [0.15, 0.2) is 18.3 Å². The van der Waals surface area contributed by atoms with E-state index in [-0.39, 0.29) is 11.6 Å². The van der Waals surface area contributed by atoms with Crippen molar-refractivity contribution in [2.24, 2.45) is 0 Å². The lowest BCUT2D eigenvalue weighted by Crippen LogP contribution is -2.02. The summed E-state index contributed by atoms with van der Waals surface area (Å²) < 4.78 is 40.6. The molecule has 1 aromatic heterocycles. The number of nitrogens with two attached hydrogens (primary N) is 1. The highest BCUT2D eigenvalue weighted by Crippen LogP contribution is 2.23. The van der Waals surface area contributed by atoms with Gasteiger partial charge in [-0.3, -0.25) is 0 Å². The molecular weight excluding hydrogens is 243 g/mol. The van der Waals surface area contributed by atoms with Gasteiger partial charge in [0.05, 0.1) is 17.6 Å². The Labute approximate surface area is 102 Å². The van der Waals surface area contributed by atoms with Gasteiger partial charge in [0.2, 0.25) is 0 Å². The molecule has 0 saturated heterocycles. The van der Waals surface area contributed by atoms with E-state index < -0.39 is 17.5 Å². The van der Waals surface area contributed by atoms with Crippen LogP contribution in [-0.2, 0) is 0 Å². The first-order chi connectivity index (χ1) is 8.40. The summed E-state index contributed by atoms with van der Waals surface area (Å²) in [6.07, 6.45) is 1.38. The molecule has 0 aliphatic carbocycles. The number of aromatic nitrogens is 2. The summed E-state index contributed by atoms with van der Waals surface area (Å²) in [6.45, 7) is 3.76. The average Bonchev–Trinajstić information content (AvgIpc) is 2.65. The third kappa shape index (κ3) is 2.05. The summed E-state index contributed by atoms with van der Waals surface area (Å²) in [4.78, 5) is 0. The Balaban J connectivity index is 2.55. The summed E-state index contributed by atoms with van der Waals surface area (Å²) in [5, 5.41) is 4.07. The van der Waals surface area contributed by atoms with Crippen LogP contribution in [-0.4, -0.2) is 9.78 Å². The molecule has 0 aliphatic rings. The quantitative estimate of drug-likeness (QED) is 0.838. The zero-order valence-corrected chi connectivity index (χ0v) is 9.92. The van der Waals surface area contributed by atoms with Gasteiger partial charge in [0.25, 0.3) is 0 Å². The predicted molar refractivity (Wildman–Crippen MR) is 61.9 cm³/mol. The van der Waals surface area contributed by atoms with Crippen molar-refractivity contribution in [3.8, 4) is 5.69 Å². The SMILES string of the molecule is CC(C)c1nn(-c2cc(F)c(F)cc2F)cc1N. The van der Waals surface area contributed by atoms with Crippen molar-refractivity contribution < 1.29 is 13.2 Å². The molecule has 0 unspecified atom stereocenters. The van der Waals surface area contributed by atoms with E-state index in [4.69, 9.17) is 5.73 Å². The normalized spacial score (nSPS) is 11.2. The molecule has 96 valence electrons. The van der Waals surface area contributed by atoms with Gasteiger partial charge in [0.1, 0.15) is 5.69 Å². The van der Waals surface area contributed by atoms with Crippen molar-refractivity contribution >= 4 is 5.69 Å². The first-order valence-corrected chi connectivity index (χ1v) is 5.40. The lowest BCUT2D eigenvalue weighted by Gasteiger charge is -2.04. The van der Waals surface area contributed by atoms with Crippen LogP contribution in [0.2, 0.25) is 0 Å². The maximum absolute atomic E-state index is 13.5. The largest absolute Gasteiger partial charge is 0.396 e. The molecule has 2 N–H and O–H groups in total. The number of anilines is 1. The predicted octanol–water partition coefficient (Wildman–Crippen LogP) is 3.00. The van der Waals surface area contributed by atoms with Gasteiger partial charge in [-0.25, -0.2) is 17.9 Å². The number of nitrogen functional groups attached to an aromatic ring is 1. The van der Waals surface area contributed by atoms with E-state index in [0.29, 0.717) is 17.4 Å². The van der Waals surface area contributed by atoms with Crippen molar-refractivity contribution in [1.82, 2.24) is 9.78 Å². The van der Waals surface area contributed by atoms with Crippen LogP contribution in [0.4, 0.5) is 18.9 Å². The van der Waals surface area contributed by atoms with Gasteiger partial charge >= 0.3 is 0 Å². The van der Waals surface area contributed by atoms with E-state index >= 15 is 0 Å². The maximum atomic E-state index is 13.5. The highest BCUT2D eigenvalue weighted by atomic mass is 19.2. The van der Waals surface area contributed by atoms with Crippen LogP contribution >= 0.6 is 0 Å². The van der Waals surface area contributed by atoms with Gasteiger partial charge in [0, 0.05) is 12.1 Å². The second kappa shape index (κ2) is 4.36. The van der Waals surface area contributed by atoms with E-state index in [1.54, 1.807) is 0 Å². The summed E-state index contributed by atoms with van der Waals surface area (Å²) >= 11 is 0. The molecule has 0 saturated carbocycles. The fraction of sp³-hybridized carbons (Fsp3) is 0.250. The van der Waals surface area contributed by atoms with Crippen LogP contribution in [0.5, 0.6) is 0 Å². The number of hydrogen-bond donors (Lipinski definition) is 1. The van der Waals surface area contributed by atoms with Crippen molar-refractivity contribution in [1.29, 1.82) is 0 Å². The Morgan fingerprint density at radius 1 is 1.11 bits per heavy atom. The number of rotatable bonds is 2. The first-order valence-electron chi connectivity index (χ1n) is 5.40. The zero-order chi connectivity index (χ0) is 13.4. The van der Waals surface area contributed by atoms with Crippen molar-refractivity contribution in [3.63, 3.8) is 0 Å². The van der Waals surface area contributed by atoms with E-state index in [9.17, 15) is 13.2 Å². The fourth-order valence-corrected chi connectivity index (χ4v) is 1.66. The van der Waals surface area contributed by atoms with Crippen molar-refractivity contribution in [2.45, 2.75) is 19.8 Å². The minimum Gasteiger partial charge on any atom is -0.396 e. The minimum absolute atomic E-state index is 0.0552. The molecule has 2 rings (SSSR count). The summed E-state index contributed by atoms with van der Waals surface area (Å²) in [5.41, 5.74) is 6.52. The van der Waals surface area contributed by atoms with Gasteiger partial charge in [-0.15, -0.1) is 0 Å². The van der Waals surface area contributed by atoms with E-state index in [1.807, 2.05) is 13.8 Å². The van der Waals surface area contributed by atoms with Gasteiger partial charge in [0.15, 0.2) is 17.5 Å². The second-order valence-electron chi connectivity index (χ2n) is 4.29. The third-order valence-electron chi connectivity index (χ3n) is 2.56. The molecule has 0 aliphatic heterocycles. The zero-order valence-electron chi connectivity index (χ0n) is 9.92. The smallest absolute Gasteiger partial charge is 0.161 e. The van der Waals surface area contributed by atoms with E-state index in [2.05, 4.69) is 5.10 Å². The number of benzene rings is 1. The minimum atomic E-state index is -1.24. The molecule has 0 amide bonds. The third-order valence-corrected chi connectivity index (χ3v) is 2.56. The molecule has 0 spiro atoms. The second-order valence-corrected chi connectivity index (χ2v) is 4.29. The molecule has 0 atom stereocenters. The summed E-state index contributed by atoms with van der Waals surface area (Å²) in [7, 11) is 0. The molecule has 1 aromatic carbocycles. The summed E-state index contributed by atoms with van der Waals surface area (Å²) in [6, 6.07) is 1.23. The lowest BCUT2D eigenvalue weighted by atomic mass is 10.1. The van der Waals surface area contributed by atoms with Crippen LogP contribution < -0.4 is 5.73 Å². The molecular formula is C12H12F3N3. The maximum Gasteiger partial charge on any atom is 0.161 e. The number of nitrogens with zero attached hydrogens (tertiary/aromatic N) is 2. The fourth-order valence-electron chi connectivity index (χ4n) is 1.66. The molecule has 6 heteroatoms. The van der Waals surface area contributed by atoms with Gasteiger partial charge in [-0.1, -0.05) is 13.8 Å². The molecule has 0 radical (unpaired) electrons. The molecule has 1 heterocycles. The molecule has 18 heavy (non-hydrogen) atoms. The molecule has 0 bridgehead atoms. The van der Waals surface area contributed by atoms with Crippen LogP contribution in [0.25, 0.3) is 5.69 Å². The Hall–Kier alpha value is -1.98.